The molecule has 1 aliphatic rings. The first-order valence-corrected chi connectivity index (χ1v) is 11.6. The summed E-state index contributed by atoms with van der Waals surface area (Å²) in [5.74, 6) is -0.00236. The van der Waals surface area contributed by atoms with Gasteiger partial charge in [-0.1, -0.05) is 48.5 Å². The average molecular weight is 436 g/mol. The monoisotopic (exact) mass is 435 g/mol. The molecule has 0 aliphatic carbocycles. The molecule has 162 valence electrons. The number of thiophene rings is 1. The predicted octanol–water partition coefficient (Wildman–Crippen LogP) is 4.23. The third kappa shape index (κ3) is 4.65. The molecule has 4 rings (SSSR count). The Kier molecular flexibility index (Phi) is 6.39. The quantitative estimate of drug-likeness (QED) is 0.604. The van der Waals surface area contributed by atoms with Gasteiger partial charge >= 0.3 is 0 Å². The highest BCUT2D eigenvalue weighted by molar-refractivity contribution is 7.21. The van der Waals surface area contributed by atoms with Gasteiger partial charge in [-0.05, 0) is 49.4 Å². The summed E-state index contributed by atoms with van der Waals surface area (Å²) in [6.45, 7) is 6.75. The number of carbonyl (C=O) groups excluding carboxylic acids is 2. The Hall–Kier alpha value is -2.70. The number of rotatable bonds is 7. The Morgan fingerprint density at radius 3 is 2.55 bits per heavy atom. The number of primary amides is 1. The van der Waals surface area contributed by atoms with Crippen molar-refractivity contribution in [1.82, 2.24) is 9.80 Å². The first-order valence-electron chi connectivity index (χ1n) is 10.8. The molecule has 1 aliphatic heterocycles. The Labute approximate surface area is 187 Å². The molecule has 0 bridgehead atoms. The number of hydrogen-bond acceptors (Lipinski definition) is 4. The minimum Gasteiger partial charge on any atom is -0.365 e. The van der Waals surface area contributed by atoms with Crippen LogP contribution in [0.2, 0.25) is 0 Å². The fourth-order valence-corrected chi connectivity index (χ4v) is 5.63. The third-order valence-corrected chi connectivity index (χ3v) is 7.24. The van der Waals surface area contributed by atoms with E-state index >= 15 is 0 Å². The molecular weight excluding hydrogens is 406 g/mol. The highest BCUT2D eigenvalue weighted by Crippen LogP contribution is 2.39. The molecule has 1 fully saturated rings. The number of hydrogen-bond donors (Lipinski definition) is 1. The highest BCUT2D eigenvalue weighted by Gasteiger charge is 2.31. The van der Waals surface area contributed by atoms with Gasteiger partial charge in [-0.3, -0.25) is 14.5 Å². The van der Waals surface area contributed by atoms with Gasteiger partial charge in [-0.25, -0.2) is 0 Å². The molecule has 1 aromatic heterocycles. The van der Waals surface area contributed by atoms with Crippen molar-refractivity contribution < 1.29 is 9.59 Å². The first kappa shape index (κ1) is 21.5. The van der Waals surface area contributed by atoms with Crippen LogP contribution in [0.4, 0.5) is 0 Å². The van der Waals surface area contributed by atoms with Gasteiger partial charge in [0.05, 0.1) is 11.4 Å². The highest BCUT2D eigenvalue weighted by atomic mass is 32.1. The van der Waals surface area contributed by atoms with E-state index < -0.39 is 0 Å². The summed E-state index contributed by atoms with van der Waals surface area (Å²) >= 11 is 1.48. The van der Waals surface area contributed by atoms with Crippen molar-refractivity contribution in [2.24, 2.45) is 5.73 Å². The van der Waals surface area contributed by atoms with E-state index in [0.29, 0.717) is 18.0 Å². The molecule has 6 heteroatoms. The second-order valence-corrected chi connectivity index (χ2v) is 9.58. The second-order valence-electron chi connectivity index (χ2n) is 8.53. The summed E-state index contributed by atoms with van der Waals surface area (Å²) in [5.41, 5.74) is 7.91. The first-order chi connectivity index (χ1) is 14.9. The largest absolute Gasteiger partial charge is 0.365 e. The van der Waals surface area contributed by atoms with Crippen LogP contribution in [-0.2, 0) is 11.3 Å². The zero-order valence-electron chi connectivity index (χ0n) is 18.1. The number of likely N-dealkylation sites (tertiary alicyclic amines) is 1. The molecule has 5 nitrogen and oxygen atoms in total. The molecule has 3 aromatic rings. The zero-order valence-corrected chi connectivity index (χ0v) is 18.9. The van der Waals surface area contributed by atoms with Crippen LogP contribution in [0, 0.1) is 0 Å². The van der Waals surface area contributed by atoms with Gasteiger partial charge in [0.1, 0.15) is 0 Å². The maximum absolute atomic E-state index is 13.1. The van der Waals surface area contributed by atoms with Crippen LogP contribution in [0.25, 0.3) is 10.1 Å². The van der Waals surface area contributed by atoms with E-state index in [-0.39, 0.29) is 23.8 Å². The molecule has 1 unspecified atom stereocenters. The van der Waals surface area contributed by atoms with Crippen LogP contribution in [0.1, 0.15) is 47.0 Å². The van der Waals surface area contributed by atoms with E-state index in [2.05, 4.69) is 36.9 Å². The molecule has 0 radical (unpaired) electrons. The number of amides is 2. The maximum Gasteiger partial charge on any atom is 0.259 e. The third-order valence-electron chi connectivity index (χ3n) is 6.04. The molecule has 2 heterocycles. The molecule has 0 spiro atoms. The van der Waals surface area contributed by atoms with Crippen LogP contribution < -0.4 is 5.73 Å². The van der Waals surface area contributed by atoms with Gasteiger partial charge in [0.25, 0.3) is 5.91 Å². The lowest BCUT2D eigenvalue weighted by Crippen LogP contribution is -2.42. The second kappa shape index (κ2) is 9.20. The maximum atomic E-state index is 13.1. The van der Waals surface area contributed by atoms with Crippen molar-refractivity contribution in [1.29, 1.82) is 0 Å². The summed E-state index contributed by atoms with van der Waals surface area (Å²) in [5, 5.41) is 1.12. The zero-order chi connectivity index (χ0) is 22.0. The average Bonchev–Trinajstić information content (AvgIpc) is 3.36. The van der Waals surface area contributed by atoms with Gasteiger partial charge in [0, 0.05) is 29.7 Å². The summed E-state index contributed by atoms with van der Waals surface area (Å²) in [4.78, 5) is 30.1. The van der Waals surface area contributed by atoms with Crippen molar-refractivity contribution in [2.45, 2.75) is 38.8 Å². The Balaban J connectivity index is 1.48. The van der Waals surface area contributed by atoms with Crippen LogP contribution >= 0.6 is 11.3 Å². The molecule has 2 aromatic carbocycles. The SMILES string of the molecule is CC(C)N(Cc1ccccc1)C(=O)CN1CCC(c2c(C(N)=O)sc3ccccc23)C1. The van der Waals surface area contributed by atoms with Gasteiger partial charge in [-0.15, -0.1) is 11.3 Å². The van der Waals surface area contributed by atoms with Gasteiger partial charge in [-0.2, -0.15) is 0 Å². The van der Waals surface area contributed by atoms with Crippen LogP contribution in [0.15, 0.2) is 54.6 Å². The van der Waals surface area contributed by atoms with E-state index in [9.17, 15) is 9.59 Å². The van der Waals surface area contributed by atoms with Gasteiger partial charge < -0.3 is 10.6 Å². The lowest BCUT2D eigenvalue weighted by atomic mass is 9.95. The topological polar surface area (TPSA) is 66.6 Å². The number of nitrogens with zero attached hydrogens (tertiary/aromatic N) is 2. The number of nitrogens with two attached hydrogens (primary N) is 1. The number of carbonyl (C=O) groups is 2. The van der Waals surface area contributed by atoms with Crippen LogP contribution in [-0.4, -0.2) is 47.3 Å². The minimum atomic E-state index is -0.362. The Morgan fingerprint density at radius 1 is 1.13 bits per heavy atom. The number of fused-ring (bicyclic) bond motifs is 1. The van der Waals surface area contributed by atoms with Crippen molar-refractivity contribution in [2.75, 3.05) is 19.6 Å². The summed E-state index contributed by atoms with van der Waals surface area (Å²) in [6.07, 6.45) is 0.925. The molecular formula is C25H29N3O2S. The molecule has 2 amide bonds. The van der Waals surface area contributed by atoms with E-state index in [0.717, 1.165) is 40.7 Å². The summed E-state index contributed by atoms with van der Waals surface area (Å²) in [7, 11) is 0. The van der Waals surface area contributed by atoms with E-state index in [4.69, 9.17) is 5.73 Å². The lowest BCUT2D eigenvalue weighted by Gasteiger charge is -2.29. The fraction of sp³-hybridized carbons (Fsp3) is 0.360. The smallest absolute Gasteiger partial charge is 0.259 e. The normalized spacial score (nSPS) is 16.8. The Morgan fingerprint density at radius 2 is 1.84 bits per heavy atom. The summed E-state index contributed by atoms with van der Waals surface area (Å²) in [6, 6.07) is 18.3. The van der Waals surface area contributed by atoms with Gasteiger partial charge in [0.2, 0.25) is 5.91 Å². The van der Waals surface area contributed by atoms with Crippen LogP contribution in [0.5, 0.6) is 0 Å². The van der Waals surface area contributed by atoms with Crippen molar-refractivity contribution >= 4 is 33.2 Å². The van der Waals surface area contributed by atoms with Crippen molar-refractivity contribution in [3.63, 3.8) is 0 Å². The molecule has 1 saturated heterocycles. The van der Waals surface area contributed by atoms with E-state index in [1.54, 1.807) is 0 Å². The van der Waals surface area contributed by atoms with Gasteiger partial charge in [0.15, 0.2) is 0 Å². The predicted molar refractivity (Wildman–Crippen MR) is 126 cm³/mol. The van der Waals surface area contributed by atoms with E-state index in [1.165, 1.54) is 11.3 Å². The van der Waals surface area contributed by atoms with Crippen LogP contribution in [0.3, 0.4) is 0 Å². The standard InChI is InChI=1S/C25H29N3O2S/c1-17(2)28(14-18-8-4-3-5-9-18)22(29)16-27-13-12-19(15-27)23-20-10-6-7-11-21(20)31-24(23)25(26)30/h3-11,17,19H,12-16H2,1-2H3,(H2,26,30). The minimum absolute atomic E-state index is 0.133. The molecule has 2 N–H and O–H groups in total. The lowest BCUT2D eigenvalue weighted by molar-refractivity contribution is -0.134. The summed E-state index contributed by atoms with van der Waals surface area (Å²) < 4.78 is 1.09. The van der Waals surface area contributed by atoms with Crippen molar-refractivity contribution in [3.8, 4) is 0 Å². The van der Waals surface area contributed by atoms with Crippen molar-refractivity contribution in [3.05, 3.63) is 70.6 Å². The number of benzene rings is 2. The fourth-order valence-electron chi connectivity index (χ4n) is 4.49. The Bertz CT molecular complexity index is 1080. The molecule has 1 atom stereocenters. The molecule has 31 heavy (non-hydrogen) atoms. The van der Waals surface area contributed by atoms with E-state index in [1.807, 2.05) is 41.3 Å². The molecule has 0 saturated carbocycles.